The fourth-order valence-electron chi connectivity index (χ4n) is 3.75. The first-order valence-electron chi connectivity index (χ1n) is 10.8. The monoisotopic (exact) mass is 355 g/mol. The zero-order valence-corrected chi connectivity index (χ0v) is 18.3. The van der Waals surface area contributed by atoms with Crippen LogP contribution in [0.1, 0.15) is 74.1 Å². The van der Waals surface area contributed by atoms with E-state index in [0.717, 1.165) is 58.4 Å². The average molecular weight is 356 g/mol. The van der Waals surface area contributed by atoms with Gasteiger partial charge >= 0.3 is 0 Å². The number of likely N-dealkylation sites (tertiary alicyclic amines) is 2. The minimum absolute atomic E-state index is 0.265. The fourth-order valence-corrected chi connectivity index (χ4v) is 3.75. The molecule has 2 fully saturated rings. The first-order chi connectivity index (χ1) is 12.0. The molecule has 2 rings (SSSR count). The molecular formula is C21H45N3O. The van der Waals surface area contributed by atoms with E-state index in [4.69, 9.17) is 0 Å². The highest BCUT2D eigenvalue weighted by Gasteiger charge is 2.31. The normalized spacial score (nSPS) is 20.4. The number of hydrogen-bond acceptors (Lipinski definition) is 3. The Morgan fingerprint density at radius 2 is 1.44 bits per heavy atom. The highest BCUT2D eigenvalue weighted by Crippen LogP contribution is 2.23. The molecular weight excluding hydrogens is 310 g/mol. The molecule has 25 heavy (non-hydrogen) atoms. The van der Waals surface area contributed by atoms with Crippen molar-refractivity contribution in [2.75, 3.05) is 39.8 Å². The first-order valence-corrected chi connectivity index (χ1v) is 10.8. The molecule has 4 heteroatoms. The molecule has 0 atom stereocenters. The van der Waals surface area contributed by atoms with Crippen molar-refractivity contribution in [2.45, 2.75) is 86.2 Å². The Bertz CT molecular complexity index is 330. The topological polar surface area (TPSA) is 26.8 Å². The number of carbonyl (C=O) groups excluding carboxylic acids is 1. The summed E-state index contributed by atoms with van der Waals surface area (Å²) >= 11 is 0. The maximum Gasteiger partial charge on any atom is 0.225 e. The number of piperidine rings is 2. The molecule has 0 aromatic carbocycles. The summed E-state index contributed by atoms with van der Waals surface area (Å²) in [7, 11) is 2.03. The molecule has 1 amide bonds. The molecule has 150 valence electrons. The van der Waals surface area contributed by atoms with E-state index in [1.54, 1.807) is 0 Å². The molecule has 0 bridgehead atoms. The van der Waals surface area contributed by atoms with Crippen molar-refractivity contribution in [3.8, 4) is 0 Å². The first kappa shape index (κ1) is 24.4. The highest BCUT2D eigenvalue weighted by atomic mass is 16.2. The average Bonchev–Trinajstić information content (AvgIpc) is 2.70. The van der Waals surface area contributed by atoms with E-state index in [-0.39, 0.29) is 5.92 Å². The van der Waals surface area contributed by atoms with Gasteiger partial charge in [-0.05, 0) is 59.2 Å². The Kier molecular flexibility index (Phi) is 13.2. The molecule has 0 saturated carbocycles. The van der Waals surface area contributed by atoms with Gasteiger partial charge in [0.05, 0.1) is 0 Å². The smallest absolute Gasteiger partial charge is 0.225 e. The second kappa shape index (κ2) is 13.6. The van der Waals surface area contributed by atoms with Crippen LogP contribution < -0.4 is 0 Å². The molecule has 0 aromatic heterocycles. The van der Waals surface area contributed by atoms with Crippen LogP contribution in [0.15, 0.2) is 0 Å². The lowest BCUT2D eigenvalue weighted by atomic mass is 9.93. The summed E-state index contributed by atoms with van der Waals surface area (Å²) in [6, 6.07) is 1.09. The molecule has 2 saturated heterocycles. The summed E-state index contributed by atoms with van der Waals surface area (Å²) in [4.78, 5) is 19.7. The van der Waals surface area contributed by atoms with Gasteiger partial charge < -0.3 is 14.7 Å². The van der Waals surface area contributed by atoms with Crippen LogP contribution in [-0.2, 0) is 4.79 Å². The molecule has 0 N–H and O–H groups in total. The van der Waals surface area contributed by atoms with Gasteiger partial charge in [0.25, 0.3) is 0 Å². The third-order valence-electron chi connectivity index (χ3n) is 5.51. The van der Waals surface area contributed by atoms with Crippen molar-refractivity contribution < 1.29 is 4.79 Å². The molecule has 2 aliphatic heterocycles. The van der Waals surface area contributed by atoms with E-state index in [1.807, 2.05) is 34.7 Å². The fraction of sp³-hybridized carbons (Fsp3) is 0.952. The summed E-state index contributed by atoms with van der Waals surface area (Å²) in [6.07, 6.45) is 4.35. The number of rotatable bonds is 4. The zero-order valence-electron chi connectivity index (χ0n) is 18.3. The van der Waals surface area contributed by atoms with E-state index in [1.165, 1.54) is 0 Å². The van der Waals surface area contributed by atoms with Gasteiger partial charge in [0.2, 0.25) is 5.91 Å². The van der Waals surface area contributed by atoms with Crippen molar-refractivity contribution in [2.24, 2.45) is 5.92 Å². The Labute approximate surface area is 157 Å². The maximum absolute atomic E-state index is 12.7. The van der Waals surface area contributed by atoms with E-state index in [9.17, 15) is 4.79 Å². The Balaban J connectivity index is 0.00000134. The summed E-state index contributed by atoms with van der Waals surface area (Å²) in [5, 5.41) is 0. The summed E-state index contributed by atoms with van der Waals surface area (Å²) in [6.45, 7) is 20.3. The van der Waals surface area contributed by atoms with Crippen molar-refractivity contribution in [1.29, 1.82) is 0 Å². The van der Waals surface area contributed by atoms with Gasteiger partial charge in [-0.1, -0.05) is 34.6 Å². The quantitative estimate of drug-likeness (QED) is 0.759. The van der Waals surface area contributed by atoms with Gasteiger partial charge in [0.1, 0.15) is 0 Å². The zero-order chi connectivity index (χ0) is 19.4. The lowest BCUT2D eigenvalue weighted by molar-refractivity contribution is -0.138. The van der Waals surface area contributed by atoms with Gasteiger partial charge in [-0.3, -0.25) is 4.79 Å². The maximum atomic E-state index is 12.7. The van der Waals surface area contributed by atoms with Crippen LogP contribution in [0.2, 0.25) is 0 Å². The van der Waals surface area contributed by atoms with Crippen LogP contribution in [0, 0.1) is 5.92 Å². The van der Waals surface area contributed by atoms with Gasteiger partial charge in [0, 0.05) is 38.1 Å². The molecule has 0 spiro atoms. The summed E-state index contributed by atoms with van der Waals surface area (Å²) < 4.78 is 0. The minimum Gasteiger partial charge on any atom is -0.342 e. The second-order valence-corrected chi connectivity index (χ2v) is 7.02. The van der Waals surface area contributed by atoms with Gasteiger partial charge in [-0.2, -0.15) is 0 Å². The Hall–Kier alpha value is -0.610. The van der Waals surface area contributed by atoms with Crippen LogP contribution in [0.25, 0.3) is 0 Å². The molecule has 4 nitrogen and oxygen atoms in total. The SMILES string of the molecule is CC.CC.CCN1CCC(C(=O)N(C)C2CCN(C(C)C)CC2)CC1. The Morgan fingerprint density at radius 3 is 1.84 bits per heavy atom. The lowest BCUT2D eigenvalue weighted by Gasteiger charge is -2.40. The minimum atomic E-state index is 0.265. The second-order valence-electron chi connectivity index (χ2n) is 7.02. The highest BCUT2D eigenvalue weighted by molar-refractivity contribution is 5.79. The van der Waals surface area contributed by atoms with Crippen LogP contribution in [0.4, 0.5) is 0 Å². The number of hydrogen-bond donors (Lipinski definition) is 0. The van der Waals surface area contributed by atoms with Crippen LogP contribution >= 0.6 is 0 Å². The summed E-state index contributed by atoms with van der Waals surface area (Å²) in [5.74, 6) is 0.662. The standard InChI is InChI=1S/C17H33N3O.2C2H6/c1-5-19-10-6-15(7-11-19)17(21)18(4)16-8-12-20(13-9-16)14(2)3;2*1-2/h14-16H,5-13H2,1-4H3;2*1-2H3. The van der Waals surface area contributed by atoms with Crippen molar-refractivity contribution >= 4 is 5.91 Å². The molecule has 0 radical (unpaired) electrons. The van der Waals surface area contributed by atoms with E-state index < -0.39 is 0 Å². The van der Waals surface area contributed by atoms with Crippen LogP contribution in [-0.4, -0.2) is 72.5 Å². The van der Waals surface area contributed by atoms with Crippen molar-refractivity contribution in [3.05, 3.63) is 0 Å². The molecule has 0 aliphatic carbocycles. The van der Waals surface area contributed by atoms with Crippen molar-refractivity contribution in [3.63, 3.8) is 0 Å². The number of carbonyl (C=O) groups is 1. The van der Waals surface area contributed by atoms with Gasteiger partial charge in [-0.25, -0.2) is 0 Å². The van der Waals surface area contributed by atoms with Gasteiger partial charge in [0.15, 0.2) is 0 Å². The van der Waals surface area contributed by atoms with Crippen molar-refractivity contribution in [1.82, 2.24) is 14.7 Å². The number of nitrogens with zero attached hydrogens (tertiary/aromatic N) is 3. The lowest BCUT2D eigenvalue weighted by Crippen LogP contribution is -2.50. The Morgan fingerprint density at radius 1 is 0.960 bits per heavy atom. The van der Waals surface area contributed by atoms with E-state index >= 15 is 0 Å². The molecule has 0 aromatic rings. The predicted octanol–water partition coefficient (Wildman–Crippen LogP) is 4.10. The third kappa shape index (κ3) is 7.65. The van der Waals surface area contributed by atoms with Crippen LogP contribution in [0.5, 0.6) is 0 Å². The van der Waals surface area contributed by atoms with E-state index in [0.29, 0.717) is 18.0 Å². The van der Waals surface area contributed by atoms with Gasteiger partial charge in [-0.15, -0.1) is 0 Å². The third-order valence-corrected chi connectivity index (χ3v) is 5.51. The van der Waals surface area contributed by atoms with E-state index in [2.05, 4.69) is 35.5 Å². The summed E-state index contributed by atoms with van der Waals surface area (Å²) in [5.41, 5.74) is 0. The predicted molar refractivity (Wildman–Crippen MR) is 110 cm³/mol. The largest absolute Gasteiger partial charge is 0.342 e. The molecule has 2 heterocycles. The van der Waals surface area contributed by atoms with Crippen LogP contribution in [0.3, 0.4) is 0 Å². The molecule has 2 aliphatic rings. The molecule has 0 unspecified atom stereocenters. The number of amides is 1.